The van der Waals surface area contributed by atoms with Gasteiger partial charge in [-0.3, -0.25) is 0 Å². The maximum Gasteiger partial charge on any atom is 0.115 e. The third kappa shape index (κ3) is 1.45. The van der Waals surface area contributed by atoms with Crippen molar-refractivity contribution < 1.29 is 5.11 Å². The SMILES string of the molecule is OC1=CC2=C(CC=C1)CCCC2. The van der Waals surface area contributed by atoms with Crippen LogP contribution in [-0.2, 0) is 0 Å². The van der Waals surface area contributed by atoms with Crippen LogP contribution in [0.1, 0.15) is 32.1 Å². The summed E-state index contributed by atoms with van der Waals surface area (Å²) in [6.07, 6.45) is 11.8. The normalized spacial score (nSPS) is 23.2. The first-order valence-corrected chi connectivity index (χ1v) is 4.64. The van der Waals surface area contributed by atoms with Crippen molar-refractivity contribution in [3.8, 4) is 0 Å². The summed E-state index contributed by atoms with van der Waals surface area (Å²) < 4.78 is 0. The summed E-state index contributed by atoms with van der Waals surface area (Å²) in [5.41, 5.74) is 2.91. The molecule has 64 valence electrons. The van der Waals surface area contributed by atoms with Crippen LogP contribution in [0.3, 0.4) is 0 Å². The fourth-order valence-corrected chi connectivity index (χ4v) is 1.95. The molecule has 12 heavy (non-hydrogen) atoms. The van der Waals surface area contributed by atoms with Crippen molar-refractivity contribution in [3.63, 3.8) is 0 Å². The van der Waals surface area contributed by atoms with Crippen LogP contribution in [0.25, 0.3) is 0 Å². The van der Waals surface area contributed by atoms with Gasteiger partial charge in [0.25, 0.3) is 0 Å². The van der Waals surface area contributed by atoms with Gasteiger partial charge in [-0.25, -0.2) is 0 Å². The molecule has 0 bridgehead atoms. The van der Waals surface area contributed by atoms with Gasteiger partial charge < -0.3 is 5.11 Å². The lowest BCUT2D eigenvalue weighted by Crippen LogP contribution is -1.96. The standard InChI is InChI=1S/C11H14O/c12-11-7-3-6-9-4-1-2-5-10(9)8-11/h3,7-8,12H,1-2,4-6H2. The lowest BCUT2D eigenvalue weighted by molar-refractivity contribution is 0.431. The molecule has 0 radical (unpaired) electrons. The smallest absolute Gasteiger partial charge is 0.115 e. The van der Waals surface area contributed by atoms with E-state index in [9.17, 15) is 5.11 Å². The molecular weight excluding hydrogens is 148 g/mol. The molecule has 0 aromatic rings. The molecule has 1 nitrogen and oxygen atoms in total. The van der Waals surface area contributed by atoms with Crippen LogP contribution < -0.4 is 0 Å². The number of aliphatic hydroxyl groups is 1. The molecule has 0 heterocycles. The van der Waals surface area contributed by atoms with Gasteiger partial charge in [-0.2, -0.15) is 0 Å². The summed E-state index contributed by atoms with van der Waals surface area (Å²) in [4.78, 5) is 0. The van der Waals surface area contributed by atoms with Crippen molar-refractivity contribution in [1.29, 1.82) is 0 Å². The quantitative estimate of drug-likeness (QED) is 0.579. The molecule has 0 aromatic heterocycles. The zero-order chi connectivity index (χ0) is 8.39. The molecule has 0 amide bonds. The van der Waals surface area contributed by atoms with E-state index in [-0.39, 0.29) is 0 Å². The Bertz CT molecular complexity index is 269. The summed E-state index contributed by atoms with van der Waals surface area (Å²) in [6.45, 7) is 0. The molecule has 0 saturated heterocycles. The average Bonchev–Trinajstić information content (AvgIpc) is 2.25. The van der Waals surface area contributed by atoms with E-state index in [0.29, 0.717) is 5.76 Å². The Labute approximate surface area is 73.1 Å². The van der Waals surface area contributed by atoms with Crippen LogP contribution in [0.2, 0.25) is 0 Å². The lowest BCUT2D eigenvalue weighted by atomic mass is 9.90. The van der Waals surface area contributed by atoms with Gasteiger partial charge in [0.2, 0.25) is 0 Å². The van der Waals surface area contributed by atoms with E-state index >= 15 is 0 Å². The van der Waals surface area contributed by atoms with Gasteiger partial charge >= 0.3 is 0 Å². The highest BCUT2D eigenvalue weighted by atomic mass is 16.3. The molecule has 1 heteroatoms. The third-order valence-electron chi connectivity index (χ3n) is 2.60. The average molecular weight is 162 g/mol. The number of hydrogen-bond acceptors (Lipinski definition) is 1. The van der Waals surface area contributed by atoms with E-state index in [4.69, 9.17) is 0 Å². The van der Waals surface area contributed by atoms with E-state index in [1.54, 1.807) is 6.08 Å². The Kier molecular flexibility index (Phi) is 2.03. The first kappa shape index (κ1) is 7.66. The molecule has 0 aliphatic heterocycles. The molecule has 2 aliphatic carbocycles. The summed E-state index contributed by atoms with van der Waals surface area (Å²) in [7, 11) is 0. The number of aliphatic hydroxyl groups excluding tert-OH is 1. The maximum atomic E-state index is 9.37. The van der Waals surface area contributed by atoms with Gasteiger partial charge in [0.1, 0.15) is 5.76 Å². The van der Waals surface area contributed by atoms with Crippen molar-refractivity contribution in [2.75, 3.05) is 0 Å². The van der Waals surface area contributed by atoms with E-state index in [0.717, 1.165) is 12.8 Å². The van der Waals surface area contributed by atoms with E-state index < -0.39 is 0 Å². The topological polar surface area (TPSA) is 20.2 Å². The zero-order valence-corrected chi connectivity index (χ0v) is 7.21. The minimum absolute atomic E-state index is 0.418. The predicted octanol–water partition coefficient (Wildman–Crippen LogP) is 3.26. The Morgan fingerprint density at radius 2 is 2.00 bits per heavy atom. The third-order valence-corrected chi connectivity index (χ3v) is 2.60. The van der Waals surface area contributed by atoms with Crippen molar-refractivity contribution in [2.24, 2.45) is 0 Å². The van der Waals surface area contributed by atoms with Crippen LogP contribution in [0.5, 0.6) is 0 Å². The van der Waals surface area contributed by atoms with Gasteiger partial charge in [-0.15, -0.1) is 0 Å². The highest BCUT2D eigenvalue weighted by molar-refractivity contribution is 5.36. The summed E-state index contributed by atoms with van der Waals surface area (Å²) in [6, 6.07) is 0. The fourth-order valence-electron chi connectivity index (χ4n) is 1.95. The molecule has 0 unspecified atom stereocenters. The second-order valence-corrected chi connectivity index (χ2v) is 3.51. The van der Waals surface area contributed by atoms with Crippen LogP contribution in [-0.4, -0.2) is 5.11 Å². The molecule has 0 spiro atoms. The first-order chi connectivity index (χ1) is 5.86. The monoisotopic (exact) mass is 162 g/mol. The predicted molar refractivity (Wildman–Crippen MR) is 50.0 cm³/mol. The van der Waals surface area contributed by atoms with E-state index in [1.807, 2.05) is 6.08 Å². The van der Waals surface area contributed by atoms with E-state index in [2.05, 4.69) is 6.08 Å². The maximum absolute atomic E-state index is 9.37. The molecule has 1 N–H and O–H groups in total. The molecule has 0 fully saturated rings. The van der Waals surface area contributed by atoms with Gasteiger partial charge in [0.05, 0.1) is 0 Å². The van der Waals surface area contributed by atoms with Gasteiger partial charge in [-0.1, -0.05) is 11.6 Å². The second-order valence-electron chi connectivity index (χ2n) is 3.51. The van der Waals surface area contributed by atoms with Crippen LogP contribution >= 0.6 is 0 Å². The largest absolute Gasteiger partial charge is 0.508 e. The Hall–Kier alpha value is -0.980. The molecule has 0 saturated carbocycles. The number of rotatable bonds is 0. The summed E-state index contributed by atoms with van der Waals surface area (Å²) in [5, 5.41) is 9.37. The molecular formula is C11H14O. The second kappa shape index (κ2) is 3.18. The molecule has 0 atom stereocenters. The number of allylic oxidation sites excluding steroid dienone is 5. The lowest BCUT2D eigenvalue weighted by Gasteiger charge is -2.15. The van der Waals surface area contributed by atoms with Gasteiger partial charge in [0, 0.05) is 0 Å². The minimum atomic E-state index is 0.418. The van der Waals surface area contributed by atoms with E-state index in [1.165, 1.54) is 30.4 Å². The highest BCUT2D eigenvalue weighted by Gasteiger charge is 2.11. The van der Waals surface area contributed by atoms with Gasteiger partial charge in [0.15, 0.2) is 0 Å². The summed E-state index contributed by atoms with van der Waals surface area (Å²) >= 11 is 0. The van der Waals surface area contributed by atoms with Crippen LogP contribution in [0.4, 0.5) is 0 Å². The molecule has 0 aromatic carbocycles. The molecule has 2 rings (SSSR count). The summed E-state index contributed by atoms with van der Waals surface area (Å²) in [5.74, 6) is 0.418. The Morgan fingerprint density at radius 3 is 2.92 bits per heavy atom. The van der Waals surface area contributed by atoms with Crippen molar-refractivity contribution in [3.05, 3.63) is 35.1 Å². The number of hydrogen-bond donors (Lipinski definition) is 1. The molecule has 2 aliphatic rings. The Morgan fingerprint density at radius 1 is 1.17 bits per heavy atom. The first-order valence-electron chi connectivity index (χ1n) is 4.64. The zero-order valence-electron chi connectivity index (χ0n) is 7.21. The van der Waals surface area contributed by atoms with Crippen LogP contribution in [0.15, 0.2) is 35.1 Å². The Balaban J connectivity index is 2.31. The van der Waals surface area contributed by atoms with Crippen molar-refractivity contribution in [1.82, 2.24) is 0 Å². The highest BCUT2D eigenvalue weighted by Crippen LogP contribution is 2.30. The van der Waals surface area contributed by atoms with Crippen molar-refractivity contribution >= 4 is 0 Å². The van der Waals surface area contributed by atoms with Crippen molar-refractivity contribution in [2.45, 2.75) is 32.1 Å². The van der Waals surface area contributed by atoms with Gasteiger partial charge in [-0.05, 0) is 49.8 Å². The minimum Gasteiger partial charge on any atom is -0.508 e. The fraction of sp³-hybridized carbons (Fsp3) is 0.455. The van der Waals surface area contributed by atoms with Crippen LogP contribution in [0, 0.1) is 0 Å².